The molecule has 1 aliphatic heterocycles. The number of halogens is 1. The van der Waals surface area contributed by atoms with Crippen LogP contribution in [0.5, 0.6) is 0 Å². The van der Waals surface area contributed by atoms with E-state index in [1.54, 1.807) is 16.5 Å². The third kappa shape index (κ3) is 4.18. The van der Waals surface area contributed by atoms with Gasteiger partial charge < -0.3 is 19.0 Å². The number of anilines is 1. The second-order valence-electron chi connectivity index (χ2n) is 8.14. The molecule has 0 saturated carbocycles. The number of piperazine rings is 1. The normalized spacial score (nSPS) is 17.8. The molecule has 1 aliphatic rings. The van der Waals surface area contributed by atoms with Gasteiger partial charge in [-0.15, -0.1) is 11.3 Å². The van der Waals surface area contributed by atoms with E-state index in [1.807, 2.05) is 39.1 Å². The maximum Gasteiger partial charge on any atom is 0.410 e. The van der Waals surface area contributed by atoms with Crippen molar-refractivity contribution in [2.24, 2.45) is 0 Å². The van der Waals surface area contributed by atoms with Gasteiger partial charge >= 0.3 is 6.09 Å². The summed E-state index contributed by atoms with van der Waals surface area (Å²) in [6.45, 7) is 9.33. The molecule has 1 aromatic carbocycles. The fourth-order valence-electron chi connectivity index (χ4n) is 3.38. The van der Waals surface area contributed by atoms with Crippen molar-refractivity contribution < 1.29 is 13.9 Å². The summed E-state index contributed by atoms with van der Waals surface area (Å²) in [6, 6.07) is 4.19. The number of thiazole rings is 1. The highest BCUT2D eigenvalue weighted by atomic mass is 35.5. The van der Waals surface area contributed by atoms with Gasteiger partial charge in [-0.2, -0.15) is 4.98 Å². The van der Waals surface area contributed by atoms with E-state index in [1.165, 1.54) is 11.3 Å². The van der Waals surface area contributed by atoms with Crippen molar-refractivity contribution in [1.29, 1.82) is 0 Å². The van der Waals surface area contributed by atoms with Crippen molar-refractivity contribution in [1.82, 2.24) is 14.9 Å². The Hall–Kier alpha value is -2.32. The van der Waals surface area contributed by atoms with E-state index in [2.05, 4.69) is 14.9 Å². The number of fused-ring (bicyclic) bond motifs is 1. The van der Waals surface area contributed by atoms with Gasteiger partial charge in [-0.3, -0.25) is 0 Å². The zero-order valence-corrected chi connectivity index (χ0v) is 18.4. The molecule has 7 nitrogen and oxygen atoms in total. The van der Waals surface area contributed by atoms with E-state index in [9.17, 15) is 4.79 Å². The van der Waals surface area contributed by atoms with Crippen LogP contribution >= 0.6 is 22.9 Å². The first-order valence-electron chi connectivity index (χ1n) is 9.44. The fourth-order valence-corrected chi connectivity index (χ4v) is 4.14. The standard InChI is InChI=1S/C20H23ClN4O3S/c1-12-9-24(19(26)28-20(2,3)4)5-6-25(12)18-23-15-8-13(21)7-14(17(15)27-18)16-10-29-11-22-16/h7-8,10-12H,5-6,9H2,1-4H3/t12-/m0/s1. The number of benzene rings is 1. The van der Waals surface area contributed by atoms with Crippen molar-refractivity contribution in [3.63, 3.8) is 0 Å². The zero-order valence-electron chi connectivity index (χ0n) is 16.8. The predicted octanol–water partition coefficient (Wildman–Crippen LogP) is 5.05. The van der Waals surface area contributed by atoms with E-state index < -0.39 is 5.60 Å². The monoisotopic (exact) mass is 434 g/mol. The van der Waals surface area contributed by atoms with Gasteiger partial charge in [0, 0.05) is 41.6 Å². The maximum atomic E-state index is 12.4. The number of amides is 1. The lowest BCUT2D eigenvalue weighted by Crippen LogP contribution is -2.54. The number of carbonyl (C=O) groups excluding carboxylic acids is 1. The van der Waals surface area contributed by atoms with Gasteiger partial charge in [0.1, 0.15) is 11.1 Å². The number of oxazole rings is 1. The van der Waals surface area contributed by atoms with Gasteiger partial charge in [0.15, 0.2) is 5.58 Å². The average molecular weight is 435 g/mol. The molecule has 0 aliphatic carbocycles. The Morgan fingerprint density at radius 1 is 1.34 bits per heavy atom. The Kier molecular flexibility index (Phi) is 5.16. The van der Waals surface area contributed by atoms with Crippen molar-refractivity contribution in [3.05, 3.63) is 28.0 Å². The summed E-state index contributed by atoms with van der Waals surface area (Å²) in [4.78, 5) is 25.2. The molecule has 0 unspecified atom stereocenters. The lowest BCUT2D eigenvalue weighted by atomic mass is 10.1. The molecule has 0 bridgehead atoms. The van der Waals surface area contributed by atoms with Gasteiger partial charge in [0.05, 0.1) is 11.2 Å². The highest BCUT2D eigenvalue weighted by molar-refractivity contribution is 7.07. The summed E-state index contributed by atoms with van der Waals surface area (Å²) in [6.07, 6.45) is -0.292. The van der Waals surface area contributed by atoms with E-state index in [4.69, 9.17) is 20.8 Å². The molecule has 9 heteroatoms. The van der Waals surface area contributed by atoms with Gasteiger partial charge in [-0.1, -0.05) is 11.6 Å². The molecule has 4 rings (SSSR count). The van der Waals surface area contributed by atoms with Crippen molar-refractivity contribution in [2.75, 3.05) is 24.5 Å². The van der Waals surface area contributed by atoms with Gasteiger partial charge in [0.25, 0.3) is 6.01 Å². The van der Waals surface area contributed by atoms with E-state index in [0.29, 0.717) is 41.8 Å². The minimum atomic E-state index is -0.511. The molecule has 0 N–H and O–H groups in total. The summed E-state index contributed by atoms with van der Waals surface area (Å²) in [5.41, 5.74) is 4.26. The number of hydrogen-bond acceptors (Lipinski definition) is 7. The third-order valence-electron chi connectivity index (χ3n) is 4.68. The van der Waals surface area contributed by atoms with Crippen LogP contribution in [0.2, 0.25) is 5.02 Å². The van der Waals surface area contributed by atoms with Crippen molar-refractivity contribution in [3.8, 4) is 11.3 Å². The van der Waals surface area contributed by atoms with E-state index in [-0.39, 0.29) is 12.1 Å². The van der Waals surface area contributed by atoms with Crippen LogP contribution in [-0.4, -0.2) is 52.2 Å². The van der Waals surface area contributed by atoms with Gasteiger partial charge in [-0.25, -0.2) is 9.78 Å². The summed E-state index contributed by atoms with van der Waals surface area (Å²) in [7, 11) is 0. The zero-order chi connectivity index (χ0) is 20.8. The summed E-state index contributed by atoms with van der Waals surface area (Å²) < 4.78 is 11.6. The number of aromatic nitrogens is 2. The van der Waals surface area contributed by atoms with Crippen LogP contribution < -0.4 is 4.90 Å². The van der Waals surface area contributed by atoms with Crippen LogP contribution in [0.4, 0.5) is 10.8 Å². The molecular formula is C20H23ClN4O3S. The van der Waals surface area contributed by atoms with Gasteiger partial charge in [-0.05, 0) is 39.8 Å². The second-order valence-corrected chi connectivity index (χ2v) is 9.30. The number of nitrogens with zero attached hydrogens (tertiary/aromatic N) is 4. The highest BCUT2D eigenvalue weighted by Gasteiger charge is 2.32. The van der Waals surface area contributed by atoms with E-state index >= 15 is 0 Å². The molecule has 0 spiro atoms. The Morgan fingerprint density at radius 2 is 2.14 bits per heavy atom. The first-order chi connectivity index (χ1) is 13.7. The van der Waals surface area contributed by atoms with Crippen LogP contribution in [-0.2, 0) is 4.74 Å². The average Bonchev–Trinajstić information content (AvgIpc) is 3.29. The summed E-state index contributed by atoms with van der Waals surface area (Å²) in [5, 5.41) is 2.54. The molecular weight excluding hydrogens is 412 g/mol. The predicted molar refractivity (Wildman–Crippen MR) is 115 cm³/mol. The first kappa shape index (κ1) is 20.0. The molecule has 154 valence electrons. The molecule has 1 saturated heterocycles. The first-order valence-corrected chi connectivity index (χ1v) is 10.8. The van der Waals surface area contributed by atoms with Gasteiger partial charge in [0.2, 0.25) is 0 Å². The van der Waals surface area contributed by atoms with Crippen molar-refractivity contribution in [2.45, 2.75) is 39.3 Å². The Balaban J connectivity index is 1.58. The molecule has 1 amide bonds. The number of rotatable bonds is 2. The molecule has 2 aromatic heterocycles. The second kappa shape index (κ2) is 7.50. The van der Waals surface area contributed by atoms with Crippen LogP contribution in [0.15, 0.2) is 27.4 Å². The molecule has 29 heavy (non-hydrogen) atoms. The Morgan fingerprint density at radius 3 is 2.79 bits per heavy atom. The van der Waals surface area contributed by atoms with Crippen LogP contribution in [0.1, 0.15) is 27.7 Å². The largest absolute Gasteiger partial charge is 0.444 e. The quantitative estimate of drug-likeness (QED) is 0.562. The lowest BCUT2D eigenvalue weighted by molar-refractivity contribution is 0.0216. The van der Waals surface area contributed by atoms with Crippen LogP contribution in [0, 0.1) is 0 Å². The highest BCUT2D eigenvalue weighted by Crippen LogP contribution is 2.35. The summed E-state index contributed by atoms with van der Waals surface area (Å²) >= 11 is 7.81. The Labute approximate surface area is 178 Å². The molecule has 1 fully saturated rings. The van der Waals surface area contributed by atoms with Crippen LogP contribution in [0.25, 0.3) is 22.4 Å². The maximum absolute atomic E-state index is 12.4. The molecule has 3 aromatic rings. The third-order valence-corrected chi connectivity index (χ3v) is 5.48. The lowest BCUT2D eigenvalue weighted by Gasteiger charge is -2.39. The van der Waals surface area contributed by atoms with E-state index in [0.717, 1.165) is 11.3 Å². The molecule has 0 radical (unpaired) electrons. The molecule has 1 atom stereocenters. The van der Waals surface area contributed by atoms with Crippen LogP contribution in [0.3, 0.4) is 0 Å². The minimum Gasteiger partial charge on any atom is -0.444 e. The summed E-state index contributed by atoms with van der Waals surface area (Å²) in [5.74, 6) is 0. The number of carbonyl (C=O) groups is 1. The number of ether oxygens (including phenoxy) is 1. The smallest absolute Gasteiger partial charge is 0.410 e. The SMILES string of the molecule is C[C@H]1CN(C(=O)OC(C)(C)C)CCN1c1nc2cc(Cl)cc(-c3cscn3)c2o1. The minimum absolute atomic E-state index is 0.0301. The fraction of sp³-hybridized carbons (Fsp3) is 0.450. The number of hydrogen-bond donors (Lipinski definition) is 0. The van der Waals surface area contributed by atoms with Crippen molar-refractivity contribution >= 4 is 46.1 Å². The molecule has 3 heterocycles. The Bertz CT molecular complexity index is 1030. The topological polar surface area (TPSA) is 71.7 Å².